The van der Waals surface area contributed by atoms with E-state index in [9.17, 15) is 9.90 Å². The molecular weight excluding hydrogens is 313 g/mol. The van der Waals surface area contributed by atoms with Crippen molar-refractivity contribution in [3.05, 3.63) is 51.5 Å². The fourth-order valence-corrected chi connectivity index (χ4v) is 2.20. The molecule has 6 heteroatoms. The highest BCUT2D eigenvalue weighted by molar-refractivity contribution is 6.31. The van der Waals surface area contributed by atoms with Gasteiger partial charge >= 0.3 is 5.97 Å². The van der Waals surface area contributed by atoms with Gasteiger partial charge in [-0.3, -0.25) is 0 Å². The molecule has 110 valence electrons. The third-order valence-corrected chi connectivity index (χ3v) is 3.60. The molecular formula is C15H13Cl2NO3. The van der Waals surface area contributed by atoms with Crippen molar-refractivity contribution in [3.63, 3.8) is 0 Å². The molecule has 0 aliphatic heterocycles. The molecule has 2 aromatic carbocycles. The van der Waals surface area contributed by atoms with Crippen LogP contribution in [0.3, 0.4) is 0 Å². The van der Waals surface area contributed by atoms with Gasteiger partial charge in [0, 0.05) is 16.1 Å². The Hall–Kier alpha value is -1.91. The number of nitrogens with one attached hydrogen (secondary N) is 1. The number of carboxylic acids is 1. The molecule has 0 amide bonds. The van der Waals surface area contributed by atoms with E-state index in [1.54, 1.807) is 24.3 Å². The smallest absolute Gasteiger partial charge is 0.337 e. The number of rotatable bonds is 4. The Morgan fingerprint density at radius 2 is 1.90 bits per heavy atom. The van der Waals surface area contributed by atoms with Gasteiger partial charge in [-0.1, -0.05) is 23.2 Å². The summed E-state index contributed by atoms with van der Waals surface area (Å²) in [7, 11) is 1.52. The Bertz CT molecular complexity index is 702. The van der Waals surface area contributed by atoms with Crippen molar-refractivity contribution in [2.75, 3.05) is 12.4 Å². The summed E-state index contributed by atoms with van der Waals surface area (Å²) in [6.07, 6.45) is 0. The Labute approximate surface area is 132 Å². The second kappa shape index (κ2) is 6.24. The van der Waals surface area contributed by atoms with Gasteiger partial charge in [0.25, 0.3) is 0 Å². The number of halogens is 2. The zero-order chi connectivity index (χ0) is 15.6. The molecule has 0 atom stereocenters. The minimum absolute atomic E-state index is 0.0807. The number of ether oxygens (including phenoxy) is 1. The van der Waals surface area contributed by atoms with Gasteiger partial charge in [0.15, 0.2) is 0 Å². The minimum Gasteiger partial charge on any atom is -0.495 e. The van der Waals surface area contributed by atoms with Crippen LogP contribution in [0.5, 0.6) is 5.75 Å². The molecule has 0 radical (unpaired) electrons. The number of hydrogen-bond acceptors (Lipinski definition) is 3. The lowest BCUT2D eigenvalue weighted by atomic mass is 10.1. The Morgan fingerprint density at radius 1 is 1.19 bits per heavy atom. The number of aromatic carboxylic acids is 1. The first-order valence-electron chi connectivity index (χ1n) is 6.06. The van der Waals surface area contributed by atoms with E-state index >= 15 is 0 Å². The molecule has 0 fully saturated rings. The van der Waals surface area contributed by atoms with E-state index in [0.29, 0.717) is 27.2 Å². The van der Waals surface area contributed by atoms with Crippen molar-refractivity contribution in [3.8, 4) is 5.75 Å². The molecule has 0 heterocycles. The normalized spacial score (nSPS) is 10.3. The first-order chi connectivity index (χ1) is 9.92. The van der Waals surface area contributed by atoms with Crippen LogP contribution >= 0.6 is 23.2 Å². The van der Waals surface area contributed by atoms with Crippen molar-refractivity contribution in [2.24, 2.45) is 0 Å². The standard InChI is InChI=1S/C15H13Cl2NO3/c1-8-5-13(14(21-2)7-11(8)17)18-12-4-3-9(16)6-10(12)15(19)20/h3-7,18H,1-2H3,(H,19,20). The number of benzene rings is 2. The summed E-state index contributed by atoms with van der Waals surface area (Å²) in [6, 6.07) is 8.08. The maximum Gasteiger partial charge on any atom is 0.337 e. The summed E-state index contributed by atoms with van der Waals surface area (Å²) in [6.45, 7) is 1.85. The molecule has 4 nitrogen and oxygen atoms in total. The van der Waals surface area contributed by atoms with E-state index < -0.39 is 5.97 Å². The van der Waals surface area contributed by atoms with Crippen LogP contribution in [0.25, 0.3) is 0 Å². The van der Waals surface area contributed by atoms with E-state index in [1.165, 1.54) is 13.2 Å². The third kappa shape index (κ3) is 3.40. The number of anilines is 2. The van der Waals surface area contributed by atoms with Gasteiger partial charge in [-0.05, 0) is 36.8 Å². The predicted octanol–water partition coefficient (Wildman–Crippen LogP) is 4.75. The van der Waals surface area contributed by atoms with E-state index in [0.717, 1.165) is 5.56 Å². The second-order valence-electron chi connectivity index (χ2n) is 4.42. The SMILES string of the molecule is COc1cc(Cl)c(C)cc1Nc1ccc(Cl)cc1C(=O)O. The highest BCUT2D eigenvalue weighted by Gasteiger charge is 2.13. The third-order valence-electron chi connectivity index (χ3n) is 2.96. The van der Waals surface area contributed by atoms with E-state index in [4.69, 9.17) is 27.9 Å². The average Bonchev–Trinajstić information content (AvgIpc) is 2.44. The van der Waals surface area contributed by atoms with Crippen LogP contribution in [-0.2, 0) is 0 Å². The van der Waals surface area contributed by atoms with E-state index in [1.807, 2.05) is 6.92 Å². The fourth-order valence-electron chi connectivity index (χ4n) is 1.88. The quantitative estimate of drug-likeness (QED) is 0.851. The zero-order valence-electron chi connectivity index (χ0n) is 11.4. The Balaban J connectivity index is 2.47. The summed E-state index contributed by atoms with van der Waals surface area (Å²) >= 11 is 11.9. The largest absolute Gasteiger partial charge is 0.495 e. The second-order valence-corrected chi connectivity index (χ2v) is 5.27. The highest BCUT2D eigenvalue weighted by Crippen LogP contribution is 2.34. The van der Waals surface area contributed by atoms with Crippen LogP contribution < -0.4 is 10.1 Å². The molecule has 0 aliphatic rings. The molecule has 2 aromatic rings. The van der Waals surface area contributed by atoms with Crippen molar-refractivity contribution in [1.29, 1.82) is 0 Å². The molecule has 0 aliphatic carbocycles. The molecule has 2 rings (SSSR count). The van der Waals surface area contributed by atoms with E-state index in [2.05, 4.69) is 5.32 Å². The molecule has 21 heavy (non-hydrogen) atoms. The first-order valence-corrected chi connectivity index (χ1v) is 6.82. The van der Waals surface area contributed by atoms with Gasteiger partial charge in [0.05, 0.1) is 24.0 Å². The van der Waals surface area contributed by atoms with Crippen LogP contribution in [0.4, 0.5) is 11.4 Å². The summed E-state index contributed by atoms with van der Waals surface area (Å²) in [5, 5.41) is 13.2. The van der Waals surface area contributed by atoms with Crippen LogP contribution in [0.15, 0.2) is 30.3 Å². The Kier molecular flexibility index (Phi) is 4.60. The molecule has 0 bridgehead atoms. The lowest BCUT2D eigenvalue weighted by Crippen LogP contribution is -2.04. The number of methoxy groups -OCH3 is 1. The van der Waals surface area contributed by atoms with Crippen molar-refractivity contribution >= 4 is 40.5 Å². The lowest BCUT2D eigenvalue weighted by Gasteiger charge is -2.15. The topological polar surface area (TPSA) is 58.6 Å². The molecule has 0 unspecified atom stereocenters. The van der Waals surface area contributed by atoms with Gasteiger partial charge in [-0.25, -0.2) is 4.79 Å². The minimum atomic E-state index is -1.07. The average molecular weight is 326 g/mol. The van der Waals surface area contributed by atoms with Crippen LogP contribution in [0.2, 0.25) is 10.0 Å². The molecule has 0 saturated carbocycles. The van der Waals surface area contributed by atoms with Crippen LogP contribution in [-0.4, -0.2) is 18.2 Å². The highest BCUT2D eigenvalue weighted by atomic mass is 35.5. The first kappa shape index (κ1) is 15.5. The molecule has 2 N–H and O–H groups in total. The van der Waals surface area contributed by atoms with Crippen LogP contribution in [0.1, 0.15) is 15.9 Å². The maximum absolute atomic E-state index is 11.3. The zero-order valence-corrected chi connectivity index (χ0v) is 12.9. The summed E-state index contributed by atoms with van der Waals surface area (Å²) < 4.78 is 5.26. The molecule has 0 aromatic heterocycles. The fraction of sp³-hybridized carbons (Fsp3) is 0.133. The van der Waals surface area contributed by atoms with Gasteiger partial charge in [0.1, 0.15) is 5.75 Å². The Morgan fingerprint density at radius 3 is 2.52 bits per heavy atom. The van der Waals surface area contributed by atoms with Gasteiger partial charge in [-0.15, -0.1) is 0 Å². The van der Waals surface area contributed by atoms with Gasteiger partial charge < -0.3 is 15.2 Å². The van der Waals surface area contributed by atoms with Gasteiger partial charge in [-0.2, -0.15) is 0 Å². The summed E-state index contributed by atoms with van der Waals surface area (Å²) in [5.41, 5.74) is 1.99. The van der Waals surface area contributed by atoms with Crippen molar-refractivity contribution in [2.45, 2.75) is 6.92 Å². The summed E-state index contributed by atoms with van der Waals surface area (Å²) in [5.74, 6) is -0.540. The van der Waals surface area contributed by atoms with Crippen molar-refractivity contribution in [1.82, 2.24) is 0 Å². The van der Waals surface area contributed by atoms with Gasteiger partial charge in [0.2, 0.25) is 0 Å². The monoisotopic (exact) mass is 325 g/mol. The number of carbonyl (C=O) groups is 1. The predicted molar refractivity (Wildman–Crippen MR) is 84.4 cm³/mol. The van der Waals surface area contributed by atoms with Crippen molar-refractivity contribution < 1.29 is 14.6 Å². The number of hydrogen-bond donors (Lipinski definition) is 2. The maximum atomic E-state index is 11.3. The summed E-state index contributed by atoms with van der Waals surface area (Å²) in [4.78, 5) is 11.3. The van der Waals surface area contributed by atoms with Crippen LogP contribution in [0, 0.1) is 6.92 Å². The number of carboxylic acid groups (broad SMARTS) is 1. The molecule has 0 saturated heterocycles. The number of aryl methyl sites for hydroxylation is 1. The lowest BCUT2D eigenvalue weighted by molar-refractivity contribution is 0.0698. The van der Waals surface area contributed by atoms with E-state index in [-0.39, 0.29) is 5.56 Å². The molecule has 0 spiro atoms.